The first-order valence-electron chi connectivity index (χ1n) is 7.95. The van der Waals surface area contributed by atoms with Crippen LogP contribution in [0, 0.1) is 6.92 Å². The molecule has 0 aromatic heterocycles. The zero-order valence-electron chi connectivity index (χ0n) is 14.0. The van der Waals surface area contributed by atoms with Crippen LogP contribution in [0.4, 0.5) is 0 Å². The molecule has 0 spiro atoms. The van der Waals surface area contributed by atoms with Crippen LogP contribution in [0.3, 0.4) is 0 Å². The van der Waals surface area contributed by atoms with Gasteiger partial charge in [0.25, 0.3) is 0 Å². The lowest BCUT2D eigenvalue weighted by atomic mass is 10.1. The van der Waals surface area contributed by atoms with Gasteiger partial charge in [-0.1, -0.05) is 36.8 Å². The number of hydrogen-bond donors (Lipinski definition) is 0. The number of aliphatic imine (C=N–C) groups is 1. The number of esters is 2. The van der Waals surface area contributed by atoms with Gasteiger partial charge in [-0.25, -0.2) is 9.79 Å². The molecule has 0 radical (unpaired) electrons. The minimum atomic E-state index is -0.508. The summed E-state index contributed by atoms with van der Waals surface area (Å²) in [5.74, 6) is -0.114. The van der Waals surface area contributed by atoms with E-state index in [1.165, 1.54) is 0 Å². The van der Waals surface area contributed by atoms with E-state index in [4.69, 9.17) is 9.47 Å². The molecule has 5 nitrogen and oxygen atoms in total. The molecule has 3 rings (SSSR count). The Kier molecular flexibility index (Phi) is 4.75. The summed E-state index contributed by atoms with van der Waals surface area (Å²) < 4.78 is 10.4. The van der Waals surface area contributed by atoms with Crippen LogP contribution in [-0.2, 0) is 14.3 Å². The summed E-state index contributed by atoms with van der Waals surface area (Å²) in [6.45, 7) is 3.71. The third-order valence-corrected chi connectivity index (χ3v) is 3.60. The van der Waals surface area contributed by atoms with Gasteiger partial charge in [-0.2, -0.15) is 0 Å². The Morgan fingerprint density at radius 2 is 1.96 bits per heavy atom. The first kappa shape index (κ1) is 16.6. The highest BCUT2D eigenvalue weighted by Crippen LogP contribution is 2.21. The third kappa shape index (κ3) is 4.01. The first-order chi connectivity index (χ1) is 12.0. The summed E-state index contributed by atoms with van der Waals surface area (Å²) in [7, 11) is 0. The molecule has 0 amide bonds. The maximum Gasteiger partial charge on any atom is 0.363 e. The number of nitrogens with zero attached hydrogens (tertiary/aromatic N) is 1. The first-order valence-corrected chi connectivity index (χ1v) is 7.95. The van der Waals surface area contributed by atoms with Crippen LogP contribution >= 0.6 is 0 Å². The van der Waals surface area contributed by atoms with Gasteiger partial charge in [-0.05, 0) is 42.8 Å². The largest absolute Gasteiger partial charge is 0.427 e. The van der Waals surface area contributed by atoms with Crippen LogP contribution in [0.25, 0.3) is 6.08 Å². The molecule has 2 aromatic rings. The number of carbonyl (C=O) groups excluding carboxylic acids is 2. The Morgan fingerprint density at radius 3 is 2.68 bits per heavy atom. The predicted molar refractivity (Wildman–Crippen MR) is 94.2 cm³/mol. The van der Waals surface area contributed by atoms with Crippen molar-refractivity contribution in [2.75, 3.05) is 0 Å². The van der Waals surface area contributed by atoms with Gasteiger partial charge >= 0.3 is 11.9 Å². The van der Waals surface area contributed by atoms with Crippen molar-refractivity contribution >= 4 is 23.9 Å². The van der Waals surface area contributed by atoms with Gasteiger partial charge in [0.15, 0.2) is 5.70 Å². The molecular formula is C20H17NO4. The molecule has 2 aromatic carbocycles. The molecule has 0 bridgehead atoms. The van der Waals surface area contributed by atoms with Crippen molar-refractivity contribution in [3.8, 4) is 5.75 Å². The van der Waals surface area contributed by atoms with Gasteiger partial charge < -0.3 is 9.47 Å². The van der Waals surface area contributed by atoms with E-state index in [0.29, 0.717) is 17.7 Å². The van der Waals surface area contributed by atoms with Gasteiger partial charge in [0.1, 0.15) is 5.75 Å². The van der Waals surface area contributed by atoms with E-state index in [1.807, 2.05) is 31.2 Å². The van der Waals surface area contributed by atoms with E-state index in [2.05, 4.69) is 4.99 Å². The summed E-state index contributed by atoms with van der Waals surface area (Å²) in [5, 5.41) is 0. The molecular weight excluding hydrogens is 318 g/mol. The fraction of sp³-hybridized carbons (Fsp3) is 0.150. The van der Waals surface area contributed by atoms with Gasteiger partial charge in [0.2, 0.25) is 5.90 Å². The number of benzene rings is 2. The average Bonchev–Trinajstić information content (AvgIpc) is 2.96. The standard InChI is InChI=1S/C20H17NO4/c1-3-18(22)24-16-6-4-5-14(11-16)12-17-20(23)25-19(21-17)15-9-7-13(2)8-10-15/h4-12H,3H2,1-2H3. The van der Waals surface area contributed by atoms with Crippen molar-refractivity contribution in [1.29, 1.82) is 0 Å². The van der Waals surface area contributed by atoms with Crippen LogP contribution in [0.5, 0.6) is 5.75 Å². The summed E-state index contributed by atoms with van der Waals surface area (Å²) in [5.41, 5.74) is 2.76. The van der Waals surface area contributed by atoms with Crippen molar-refractivity contribution < 1.29 is 19.1 Å². The van der Waals surface area contributed by atoms with Gasteiger partial charge in [0.05, 0.1) is 0 Å². The minimum absolute atomic E-state index is 0.203. The van der Waals surface area contributed by atoms with E-state index in [9.17, 15) is 9.59 Å². The second-order valence-electron chi connectivity index (χ2n) is 5.60. The average molecular weight is 335 g/mol. The lowest BCUT2D eigenvalue weighted by Crippen LogP contribution is -2.05. The number of rotatable bonds is 4. The van der Waals surface area contributed by atoms with Crippen molar-refractivity contribution in [2.45, 2.75) is 20.3 Å². The topological polar surface area (TPSA) is 65.0 Å². The SMILES string of the molecule is CCC(=O)Oc1cccc(C=C2N=C(c3ccc(C)cc3)OC2=O)c1. The quantitative estimate of drug-likeness (QED) is 0.486. The number of carbonyl (C=O) groups is 2. The summed E-state index contributed by atoms with van der Waals surface area (Å²) in [4.78, 5) is 27.7. The summed E-state index contributed by atoms with van der Waals surface area (Å²) in [6.07, 6.45) is 1.90. The lowest BCUT2D eigenvalue weighted by Gasteiger charge is -2.03. The molecule has 1 heterocycles. The predicted octanol–water partition coefficient (Wildman–Crippen LogP) is 3.65. The van der Waals surface area contributed by atoms with Crippen LogP contribution in [0.15, 0.2) is 59.2 Å². The smallest absolute Gasteiger partial charge is 0.363 e. The molecule has 25 heavy (non-hydrogen) atoms. The highest BCUT2D eigenvalue weighted by Gasteiger charge is 2.24. The monoisotopic (exact) mass is 335 g/mol. The molecule has 0 N–H and O–H groups in total. The molecule has 0 fully saturated rings. The highest BCUT2D eigenvalue weighted by atomic mass is 16.6. The number of ether oxygens (including phenoxy) is 2. The van der Waals surface area contributed by atoms with Crippen molar-refractivity contribution in [3.05, 3.63) is 70.9 Å². The fourth-order valence-corrected chi connectivity index (χ4v) is 2.26. The van der Waals surface area contributed by atoms with Gasteiger partial charge in [-0.3, -0.25) is 4.79 Å². The Labute approximate surface area is 145 Å². The van der Waals surface area contributed by atoms with Crippen LogP contribution in [-0.4, -0.2) is 17.8 Å². The molecule has 1 aliphatic heterocycles. The summed E-state index contributed by atoms with van der Waals surface area (Å²) >= 11 is 0. The molecule has 0 aliphatic carbocycles. The Hall–Kier alpha value is -3.21. The Morgan fingerprint density at radius 1 is 1.20 bits per heavy atom. The number of aryl methyl sites for hydroxylation is 1. The van der Waals surface area contributed by atoms with Crippen molar-refractivity contribution in [3.63, 3.8) is 0 Å². The zero-order chi connectivity index (χ0) is 17.8. The molecule has 0 saturated carbocycles. The normalized spacial score (nSPS) is 15.0. The Balaban J connectivity index is 1.85. The van der Waals surface area contributed by atoms with Gasteiger partial charge in [0, 0.05) is 12.0 Å². The molecule has 0 saturated heterocycles. The maximum absolute atomic E-state index is 12.0. The fourth-order valence-electron chi connectivity index (χ4n) is 2.26. The second-order valence-corrected chi connectivity index (χ2v) is 5.60. The second kappa shape index (κ2) is 7.13. The van der Waals surface area contributed by atoms with Gasteiger partial charge in [-0.15, -0.1) is 0 Å². The number of hydrogen-bond acceptors (Lipinski definition) is 5. The molecule has 0 unspecified atom stereocenters. The number of cyclic esters (lactones) is 1. The van der Waals surface area contributed by atoms with Crippen LogP contribution in [0.2, 0.25) is 0 Å². The molecule has 0 atom stereocenters. The van der Waals surface area contributed by atoms with E-state index in [0.717, 1.165) is 11.1 Å². The highest BCUT2D eigenvalue weighted by molar-refractivity contribution is 6.12. The zero-order valence-corrected chi connectivity index (χ0v) is 14.0. The third-order valence-electron chi connectivity index (χ3n) is 3.60. The molecule has 126 valence electrons. The van der Waals surface area contributed by atoms with E-state index in [-0.39, 0.29) is 17.6 Å². The van der Waals surface area contributed by atoms with E-state index in [1.54, 1.807) is 37.3 Å². The van der Waals surface area contributed by atoms with E-state index >= 15 is 0 Å². The lowest BCUT2D eigenvalue weighted by molar-refractivity contribution is -0.134. The van der Waals surface area contributed by atoms with Crippen molar-refractivity contribution in [1.82, 2.24) is 0 Å². The molecule has 5 heteroatoms. The summed E-state index contributed by atoms with van der Waals surface area (Å²) in [6, 6.07) is 14.5. The van der Waals surface area contributed by atoms with E-state index < -0.39 is 5.97 Å². The Bertz CT molecular complexity index is 879. The van der Waals surface area contributed by atoms with Crippen LogP contribution < -0.4 is 4.74 Å². The van der Waals surface area contributed by atoms with Crippen LogP contribution in [0.1, 0.15) is 30.0 Å². The van der Waals surface area contributed by atoms with Crippen molar-refractivity contribution in [2.24, 2.45) is 4.99 Å². The molecule has 1 aliphatic rings. The maximum atomic E-state index is 12.0. The minimum Gasteiger partial charge on any atom is -0.427 e.